The third kappa shape index (κ3) is 2.59. The summed E-state index contributed by atoms with van der Waals surface area (Å²) in [6, 6.07) is 5.65. The Kier molecular flexibility index (Phi) is 3.80. The fourth-order valence-electron chi connectivity index (χ4n) is 2.87. The lowest BCUT2D eigenvalue weighted by atomic mass is 9.98. The van der Waals surface area contributed by atoms with E-state index in [0.29, 0.717) is 5.56 Å². The molecule has 0 saturated heterocycles. The van der Waals surface area contributed by atoms with Crippen LogP contribution in [-0.4, -0.2) is 42.6 Å². The molecule has 4 nitrogen and oxygen atoms in total. The van der Waals surface area contributed by atoms with Crippen molar-refractivity contribution in [3.63, 3.8) is 0 Å². The van der Waals surface area contributed by atoms with Crippen molar-refractivity contribution in [3.05, 3.63) is 41.6 Å². The average molecular weight is 284 g/mol. The van der Waals surface area contributed by atoms with Crippen LogP contribution in [0.4, 0.5) is 0 Å². The topological polar surface area (TPSA) is 45.3 Å². The van der Waals surface area contributed by atoms with Crippen molar-refractivity contribution in [3.8, 4) is 0 Å². The van der Waals surface area contributed by atoms with E-state index in [-0.39, 0.29) is 5.97 Å². The number of likely N-dealkylation sites (N-methyl/N-ethyl adjacent to an activating group) is 1. The average Bonchev–Trinajstić information content (AvgIpc) is 2.97. The summed E-state index contributed by atoms with van der Waals surface area (Å²) in [4.78, 5) is 17.4. The molecule has 1 aliphatic heterocycles. The van der Waals surface area contributed by atoms with E-state index in [0.717, 1.165) is 37.0 Å². The van der Waals surface area contributed by atoms with Crippen LogP contribution in [0.3, 0.4) is 0 Å². The molecule has 0 spiro atoms. The molecule has 2 heterocycles. The Balaban J connectivity index is 1.99. The van der Waals surface area contributed by atoms with Crippen LogP contribution in [0.5, 0.6) is 0 Å². The molecule has 0 bridgehead atoms. The fraction of sp³-hybridized carbons (Fsp3) is 0.353. The third-order valence-corrected chi connectivity index (χ3v) is 4.19. The second kappa shape index (κ2) is 5.74. The number of carbonyl (C=O) groups excluding carboxylic acids is 1. The number of hydrogen-bond acceptors (Lipinski definition) is 3. The number of aromatic nitrogens is 1. The summed E-state index contributed by atoms with van der Waals surface area (Å²) in [5.74, 6) is -0.293. The molecule has 1 aromatic carbocycles. The van der Waals surface area contributed by atoms with Crippen molar-refractivity contribution in [1.82, 2.24) is 9.88 Å². The highest BCUT2D eigenvalue weighted by Crippen LogP contribution is 2.30. The lowest BCUT2D eigenvalue weighted by molar-refractivity contribution is 0.0601. The van der Waals surface area contributed by atoms with Gasteiger partial charge in [-0.05, 0) is 36.7 Å². The Morgan fingerprint density at radius 2 is 2.29 bits per heavy atom. The van der Waals surface area contributed by atoms with E-state index in [1.807, 2.05) is 18.3 Å². The molecule has 110 valence electrons. The maximum atomic E-state index is 11.7. The summed E-state index contributed by atoms with van der Waals surface area (Å²) in [6.45, 7) is 5.36. The first kappa shape index (κ1) is 13.9. The summed E-state index contributed by atoms with van der Waals surface area (Å²) >= 11 is 0. The first-order chi connectivity index (χ1) is 10.2. The highest BCUT2D eigenvalue weighted by molar-refractivity contribution is 5.99. The largest absolute Gasteiger partial charge is 0.465 e. The van der Waals surface area contributed by atoms with E-state index < -0.39 is 0 Å². The SMILES string of the molecule is CCN1CC=C(c2c[nH]c3ccc(C(=O)OC)cc23)CC1. The van der Waals surface area contributed by atoms with Crippen molar-refractivity contribution in [1.29, 1.82) is 0 Å². The minimum Gasteiger partial charge on any atom is -0.465 e. The maximum absolute atomic E-state index is 11.7. The van der Waals surface area contributed by atoms with Crippen LogP contribution < -0.4 is 0 Å². The van der Waals surface area contributed by atoms with Gasteiger partial charge in [-0.25, -0.2) is 4.79 Å². The number of hydrogen-bond donors (Lipinski definition) is 1. The number of rotatable bonds is 3. The molecule has 0 atom stereocenters. The lowest BCUT2D eigenvalue weighted by Gasteiger charge is -2.24. The van der Waals surface area contributed by atoms with Gasteiger partial charge in [-0.3, -0.25) is 4.90 Å². The van der Waals surface area contributed by atoms with Crippen LogP contribution in [0, 0.1) is 0 Å². The van der Waals surface area contributed by atoms with Crippen LogP contribution in [0.2, 0.25) is 0 Å². The first-order valence-corrected chi connectivity index (χ1v) is 7.34. The molecule has 0 radical (unpaired) electrons. The maximum Gasteiger partial charge on any atom is 0.337 e. The number of fused-ring (bicyclic) bond motifs is 1. The normalized spacial score (nSPS) is 16.0. The first-order valence-electron chi connectivity index (χ1n) is 7.34. The van der Waals surface area contributed by atoms with Gasteiger partial charge < -0.3 is 9.72 Å². The Morgan fingerprint density at radius 1 is 1.43 bits per heavy atom. The summed E-state index contributed by atoms with van der Waals surface area (Å²) in [7, 11) is 1.41. The van der Waals surface area contributed by atoms with Crippen LogP contribution in [0.1, 0.15) is 29.3 Å². The van der Waals surface area contributed by atoms with E-state index in [9.17, 15) is 4.79 Å². The highest BCUT2D eigenvalue weighted by atomic mass is 16.5. The van der Waals surface area contributed by atoms with Crippen molar-refractivity contribution < 1.29 is 9.53 Å². The number of esters is 1. The van der Waals surface area contributed by atoms with E-state index in [4.69, 9.17) is 4.74 Å². The van der Waals surface area contributed by atoms with Crippen LogP contribution in [-0.2, 0) is 4.74 Å². The Bertz CT molecular complexity index is 700. The minimum atomic E-state index is -0.293. The number of H-pyrrole nitrogens is 1. The quantitative estimate of drug-likeness (QED) is 0.881. The molecular weight excluding hydrogens is 264 g/mol. The minimum absolute atomic E-state index is 0.293. The van der Waals surface area contributed by atoms with Gasteiger partial charge in [-0.15, -0.1) is 0 Å². The summed E-state index contributed by atoms with van der Waals surface area (Å²) in [6.07, 6.45) is 5.38. The van der Waals surface area contributed by atoms with Crippen molar-refractivity contribution >= 4 is 22.4 Å². The van der Waals surface area contributed by atoms with Gasteiger partial charge in [0.05, 0.1) is 12.7 Å². The number of ether oxygens (including phenoxy) is 1. The zero-order valence-electron chi connectivity index (χ0n) is 12.5. The molecular formula is C17H20N2O2. The van der Waals surface area contributed by atoms with E-state index in [1.165, 1.54) is 18.2 Å². The molecule has 1 aromatic heterocycles. The highest BCUT2D eigenvalue weighted by Gasteiger charge is 2.16. The monoisotopic (exact) mass is 284 g/mol. The molecule has 4 heteroatoms. The standard InChI is InChI=1S/C17H20N2O2/c1-3-19-8-6-12(7-9-19)15-11-18-16-5-4-13(10-14(15)16)17(20)21-2/h4-6,10-11,18H,3,7-9H2,1-2H3. The molecule has 1 aliphatic rings. The van der Waals surface area contributed by atoms with Gasteiger partial charge in [0.15, 0.2) is 0 Å². The molecule has 3 rings (SSSR count). The van der Waals surface area contributed by atoms with Gasteiger partial charge in [-0.2, -0.15) is 0 Å². The van der Waals surface area contributed by atoms with Crippen molar-refractivity contribution in [2.24, 2.45) is 0 Å². The lowest BCUT2D eigenvalue weighted by Crippen LogP contribution is -2.27. The van der Waals surface area contributed by atoms with Gasteiger partial charge in [0.1, 0.15) is 0 Å². The zero-order valence-corrected chi connectivity index (χ0v) is 12.5. The smallest absolute Gasteiger partial charge is 0.337 e. The van der Waals surface area contributed by atoms with Crippen molar-refractivity contribution in [2.75, 3.05) is 26.7 Å². The van der Waals surface area contributed by atoms with E-state index >= 15 is 0 Å². The summed E-state index contributed by atoms with van der Waals surface area (Å²) in [5, 5.41) is 1.09. The second-order valence-electron chi connectivity index (χ2n) is 5.33. The Hall–Kier alpha value is -2.07. The molecule has 2 aromatic rings. The van der Waals surface area contributed by atoms with E-state index in [2.05, 4.69) is 22.9 Å². The van der Waals surface area contributed by atoms with Crippen LogP contribution >= 0.6 is 0 Å². The molecule has 0 unspecified atom stereocenters. The van der Waals surface area contributed by atoms with Gasteiger partial charge in [0, 0.05) is 35.8 Å². The molecule has 0 aliphatic carbocycles. The van der Waals surface area contributed by atoms with Crippen molar-refractivity contribution in [2.45, 2.75) is 13.3 Å². The van der Waals surface area contributed by atoms with Gasteiger partial charge >= 0.3 is 5.97 Å². The van der Waals surface area contributed by atoms with Crippen LogP contribution in [0.25, 0.3) is 16.5 Å². The number of benzene rings is 1. The molecule has 0 fully saturated rings. The zero-order chi connectivity index (χ0) is 14.8. The number of carbonyl (C=O) groups is 1. The summed E-state index contributed by atoms with van der Waals surface area (Å²) in [5.41, 5.74) is 4.20. The predicted molar refractivity (Wildman–Crippen MR) is 84.3 cm³/mol. The second-order valence-corrected chi connectivity index (χ2v) is 5.33. The molecule has 0 amide bonds. The van der Waals surface area contributed by atoms with Gasteiger partial charge in [0.25, 0.3) is 0 Å². The molecule has 0 saturated carbocycles. The summed E-state index contributed by atoms with van der Waals surface area (Å²) < 4.78 is 4.81. The van der Waals surface area contributed by atoms with Crippen LogP contribution in [0.15, 0.2) is 30.5 Å². The number of nitrogens with one attached hydrogen (secondary N) is 1. The number of aromatic amines is 1. The fourth-order valence-corrected chi connectivity index (χ4v) is 2.87. The third-order valence-electron chi connectivity index (χ3n) is 4.19. The predicted octanol–water partition coefficient (Wildman–Crippen LogP) is 3.06. The Morgan fingerprint density at radius 3 is 2.95 bits per heavy atom. The Labute approximate surface area is 124 Å². The number of methoxy groups -OCH3 is 1. The molecule has 21 heavy (non-hydrogen) atoms. The molecule has 1 N–H and O–H groups in total. The van der Waals surface area contributed by atoms with Gasteiger partial charge in [-0.1, -0.05) is 13.0 Å². The van der Waals surface area contributed by atoms with Gasteiger partial charge in [0.2, 0.25) is 0 Å². The number of nitrogens with zero attached hydrogens (tertiary/aromatic N) is 1. The van der Waals surface area contributed by atoms with E-state index in [1.54, 1.807) is 6.07 Å².